The highest BCUT2D eigenvalue weighted by molar-refractivity contribution is 9.10. The minimum absolute atomic E-state index is 0.393. The van der Waals surface area contributed by atoms with Crippen molar-refractivity contribution in [3.05, 3.63) is 16.0 Å². The van der Waals surface area contributed by atoms with E-state index in [4.69, 9.17) is 10.7 Å². The number of thioether (sulfide) groups is 2. The van der Waals surface area contributed by atoms with E-state index in [1.165, 1.54) is 43.6 Å². The van der Waals surface area contributed by atoms with E-state index in [0.29, 0.717) is 22.2 Å². The van der Waals surface area contributed by atoms with E-state index in [0.717, 1.165) is 16.0 Å². The van der Waals surface area contributed by atoms with E-state index >= 15 is 0 Å². The van der Waals surface area contributed by atoms with Gasteiger partial charge in [0.05, 0.1) is 15.4 Å². The van der Waals surface area contributed by atoms with Gasteiger partial charge < -0.3 is 5.73 Å². The molecule has 3 rings (SSSR count). The lowest BCUT2D eigenvalue weighted by molar-refractivity contribution is 0.668. The Labute approximate surface area is 143 Å². The Morgan fingerprint density at radius 1 is 1.19 bits per heavy atom. The van der Waals surface area contributed by atoms with Gasteiger partial charge in [0.15, 0.2) is 0 Å². The molecule has 1 aromatic heterocycles. The first-order valence-corrected chi connectivity index (χ1v) is 10.7. The van der Waals surface area contributed by atoms with Crippen LogP contribution >= 0.6 is 39.5 Å². The van der Waals surface area contributed by atoms with Crippen molar-refractivity contribution < 1.29 is 0 Å². The first kappa shape index (κ1) is 15.9. The Morgan fingerprint density at radius 2 is 1.90 bits per heavy atom. The molecule has 0 spiro atoms. The fraction of sp³-hybridized carbons (Fsp3) is 0.733. The van der Waals surface area contributed by atoms with Crippen molar-refractivity contribution in [1.82, 2.24) is 9.97 Å². The van der Waals surface area contributed by atoms with Crippen LogP contribution in [0.2, 0.25) is 0 Å². The second kappa shape index (κ2) is 7.09. The zero-order chi connectivity index (χ0) is 14.8. The molecule has 116 valence electrons. The van der Waals surface area contributed by atoms with E-state index < -0.39 is 0 Å². The molecule has 1 aliphatic heterocycles. The fourth-order valence-corrected chi connectivity index (χ4v) is 6.73. The second-order valence-corrected chi connectivity index (χ2v) is 9.15. The molecule has 3 nitrogen and oxygen atoms in total. The molecule has 1 aromatic rings. The molecule has 2 heterocycles. The molecule has 0 amide bonds. The lowest BCUT2D eigenvalue weighted by Gasteiger charge is -2.29. The van der Waals surface area contributed by atoms with Crippen molar-refractivity contribution in [3.63, 3.8) is 0 Å². The van der Waals surface area contributed by atoms with E-state index in [2.05, 4.69) is 39.6 Å². The van der Waals surface area contributed by atoms with Crippen LogP contribution < -0.4 is 5.73 Å². The Kier molecular flexibility index (Phi) is 5.38. The van der Waals surface area contributed by atoms with Crippen LogP contribution in [0.4, 0.5) is 5.82 Å². The first-order chi connectivity index (χ1) is 10.2. The van der Waals surface area contributed by atoms with Crippen molar-refractivity contribution >= 4 is 45.3 Å². The van der Waals surface area contributed by atoms with Crippen LogP contribution in [-0.2, 0) is 0 Å². The third kappa shape index (κ3) is 3.37. The van der Waals surface area contributed by atoms with Crippen molar-refractivity contribution in [2.45, 2.75) is 55.4 Å². The van der Waals surface area contributed by atoms with Gasteiger partial charge in [0.1, 0.15) is 11.6 Å². The Balaban J connectivity index is 1.94. The number of anilines is 1. The molecule has 2 unspecified atom stereocenters. The average Bonchev–Trinajstić information content (AvgIpc) is 3.04. The Morgan fingerprint density at radius 3 is 2.62 bits per heavy atom. The van der Waals surface area contributed by atoms with Gasteiger partial charge in [0.25, 0.3) is 0 Å². The largest absolute Gasteiger partial charge is 0.383 e. The molecule has 6 heteroatoms. The molecular formula is C15H22BrN3S2. The number of hydrogen-bond acceptors (Lipinski definition) is 5. The first-order valence-electron chi connectivity index (χ1n) is 7.76. The van der Waals surface area contributed by atoms with Gasteiger partial charge in [-0.15, -0.1) is 11.8 Å². The van der Waals surface area contributed by atoms with Gasteiger partial charge >= 0.3 is 0 Å². The number of rotatable bonds is 3. The monoisotopic (exact) mass is 387 g/mol. The average molecular weight is 388 g/mol. The second-order valence-electron chi connectivity index (χ2n) is 5.76. The third-order valence-electron chi connectivity index (χ3n) is 4.37. The summed E-state index contributed by atoms with van der Waals surface area (Å²) in [7, 11) is 0. The fourth-order valence-electron chi connectivity index (χ4n) is 3.24. The summed E-state index contributed by atoms with van der Waals surface area (Å²) in [6, 6.07) is 0. The summed E-state index contributed by atoms with van der Waals surface area (Å²) in [5.41, 5.74) is 7.32. The molecule has 1 saturated carbocycles. The summed E-state index contributed by atoms with van der Waals surface area (Å²) in [4.78, 5) is 9.58. The molecule has 0 bridgehead atoms. The summed E-state index contributed by atoms with van der Waals surface area (Å²) >= 11 is 7.68. The van der Waals surface area contributed by atoms with Gasteiger partial charge in [-0.05, 0) is 35.2 Å². The maximum absolute atomic E-state index is 6.17. The predicted molar refractivity (Wildman–Crippen MR) is 97.1 cm³/mol. The highest BCUT2D eigenvalue weighted by atomic mass is 79.9. The van der Waals surface area contributed by atoms with Gasteiger partial charge in [0.2, 0.25) is 0 Å². The Bertz CT molecular complexity index is 506. The van der Waals surface area contributed by atoms with Gasteiger partial charge in [-0.25, -0.2) is 9.97 Å². The van der Waals surface area contributed by atoms with E-state index in [1.54, 1.807) is 0 Å². The van der Waals surface area contributed by atoms with Gasteiger partial charge in [0, 0.05) is 22.7 Å². The molecular weight excluding hydrogens is 366 g/mol. The van der Waals surface area contributed by atoms with E-state index in [9.17, 15) is 0 Å². The standard InChI is InChI=1S/C15H22BrN3S2/c1-2-10-13(21-8-7-20-10)15-18-12(9-5-3-4-6-9)11(16)14(17)19-15/h9-10,13H,2-8H2,1H3,(H2,17,18,19). The van der Waals surface area contributed by atoms with Gasteiger partial charge in [-0.3, -0.25) is 0 Å². The van der Waals surface area contributed by atoms with Crippen molar-refractivity contribution in [2.24, 2.45) is 0 Å². The quantitative estimate of drug-likeness (QED) is 0.808. The van der Waals surface area contributed by atoms with Crippen LogP contribution in [0.5, 0.6) is 0 Å². The Hall–Kier alpha value is 0.0600. The number of nitrogens with zero attached hydrogens (tertiary/aromatic N) is 2. The number of hydrogen-bond donors (Lipinski definition) is 1. The van der Waals surface area contributed by atoms with Crippen molar-refractivity contribution in [1.29, 1.82) is 0 Å². The summed E-state index contributed by atoms with van der Waals surface area (Å²) in [5.74, 6) is 4.56. The van der Waals surface area contributed by atoms with Crippen LogP contribution in [0.15, 0.2) is 4.47 Å². The van der Waals surface area contributed by atoms with E-state index in [-0.39, 0.29) is 0 Å². The molecule has 2 aliphatic rings. The highest BCUT2D eigenvalue weighted by Crippen LogP contribution is 2.45. The SMILES string of the molecule is CCC1SCCSC1c1nc(N)c(Br)c(C2CCCC2)n1. The van der Waals surface area contributed by atoms with Gasteiger partial charge in [-0.2, -0.15) is 11.8 Å². The molecule has 21 heavy (non-hydrogen) atoms. The van der Waals surface area contributed by atoms with Crippen molar-refractivity contribution in [2.75, 3.05) is 17.2 Å². The lowest BCUT2D eigenvalue weighted by Crippen LogP contribution is -2.22. The van der Waals surface area contributed by atoms with Crippen molar-refractivity contribution in [3.8, 4) is 0 Å². The zero-order valence-corrected chi connectivity index (χ0v) is 15.6. The molecule has 2 fully saturated rings. The van der Waals surface area contributed by atoms with Crippen LogP contribution in [0.1, 0.15) is 61.7 Å². The van der Waals surface area contributed by atoms with Gasteiger partial charge in [-0.1, -0.05) is 19.8 Å². The maximum atomic E-state index is 6.17. The molecule has 2 N–H and O–H groups in total. The number of nitrogen functional groups attached to an aromatic ring is 1. The zero-order valence-electron chi connectivity index (χ0n) is 12.3. The number of halogens is 1. The van der Waals surface area contributed by atoms with E-state index in [1.807, 2.05) is 11.8 Å². The minimum atomic E-state index is 0.393. The molecule has 1 saturated heterocycles. The van der Waals surface area contributed by atoms with Crippen LogP contribution in [0.25, 0.3) is 0 Å². The molecule has 2 atom stereocenters. The number of aromatic nitrogens is 2. The molecule has 1 aliphatic carbocycles. The topological polar surface area (TPSA) is 51.8 Å². The smallest absolute Gasteiger partial charge is 0.145 e. The summed E-state index contributed by atoms with van der Waals surface area (Å²) < 4.78 is 0.930. The highest BCUT2D eigenvalue weighted by Gasteiger charge is 2.31. The summed E-state index contributed by atoms with van der Waals surface area (Å²) in [6.45, 7) is 2.26. The third-order valence-corrected chi connectivity index (χ3v) is 8.42. The van der Waals surface area contributed by atoms with Crippen LogP contribution in [0, 0.1) is 0 Å². The van der Waals surface area contributed by atoms with Crippen LogP contribution in [-0.4, -0.2) is 26.7 Å². The maximum Gasteiger partial charge on any atom is 0.145 e. The molecule has 0 radical (unpaired) electrons. The minimum Gasteiger partial charge on any atom is -0.383 e. The lowest BCUT2D eigenvalue weighted by atomic mass is 10.0. The summed E-state index contributed by atoms with van der Waals surface area (Å²) in [6.07, 6.45) is 6.25. The normalized spacial score (nSPS) is 27.1. The van der Waals surface area contributed by atoms with Crippen LogP contribution in [0.3, 0.4) is 0 Å². The summed E-state index contributed by atoms with van der Waals surface area (Å²) in [5, 5.41) is 1.00. The predicted octanol–water partition coefficient (Wildman–Crippen LogP) is 4.78. The molecule has 0 aromatic carbocycles. The number of nitrogens with two attached hydrogens (primary N) is 1.